The highest BCUT2D eigenvalue weighted by Crippen LogP contribution is 2.16. The predicted molar refractivity (Wildman–Crippen MR) is 72.3 cm³/mol. The van der Waals surface area contributed by atoms with Crippen LogP contribution in [-0.2, 0) is 13.0 Å². The van der Waals surface area contributed by atoms with Crippen molar-refractivity contribution in [2.75, 3.05) is 13.1 Å². The number of fused-ring (bicyclic) bond motifs is 1. The molecule has 1 heterocycles. The number of aromatic nitrogens is 2. The monoisotopic (exact) mass is 231 g/mol. The maximum Gasteiger partial charge on any atom is 0.109 e. The van der Waals surface area contributed by atoms with E-state index in [9.17, 15) is 0 Å². The molecule has 17 heavy (non-hydrogen) atoms. The van der Waals surface area contributed by atoms with E-state index in [4.69, 9.17) is 4.98 Å². The first-order valence-corrected chi connectivity index (χ1v) is 6.51. The summed E-state index contributed by atoms with van der Waals surface area (Å²) in [5.74, 6) is 1.21. The molecule has 0 unspecified atom stereocenters. The largest absolute Gasteiger partial charge is 0.328 e. The molecule has 3 nitrogen and oxygen atoms in total. The summed E-state index contributed by atoms with van der Waals surface area (Å²) in [4.78, 5) is 4.72. The fourth-order valence-electron chi connectivity index (χ4n) is 2.22. The van der Waals surface area contributed by atoms with Crippen LogP contribution in [0.25, 0.3) is 11.0 Å². The Kier molecular flexibility index (Phi) is 4.15. The second-order valence-corrected chi connectivity index (χ2v) is 4.22. The van der Waals surface area contributed by atoms with E-state index < -0.39 is 0 Å². The van der Waals surface area contributed by atoms with Gasteiger partial charge in [-0.2, -0.15) is 0 Å². The number of benzene rings is 1. The second-order valence-electron chi connectivity index (χ2n) is 4.22. The molecule has 0 aliphatic carbocycles. The van der Waals surface area contributed by atoms with Crippen LogP contribution >= 0.6 is 0 Å². The van der Waals surface area contributed by atoms with E-state index in [1.807, 2.05) is 0 Å². The third kappa shape index (κ3) is 2.67. The Morgan fingerprint density at radius 1 is 1.24 bits per heavy atom. The van der Waals surface area contributed by atoms with Gasteiger partial charge in [0.05, 0.1) is 11.0 Å². The van der Waals surface area contributed by atoms with Gasteiger partial charge in [-0.25, -0.2) is 4.98 Å². The molecule has 0 fully saturated rings. The van der Waals surface area contributed by atoms with Crippen molar-refractivity contribution in [3.63, 3.8) is 0 Å². The van der Waals surface area contributed by atoms with Crippen molar-refractivity contribution < 1.29 is 0 Å². The molecule has 1 aromatic heterocycles. The average molecular weight is 231 g/mol. The van der Waals surface area contributed by atoms with Gasteiger partial charge in [-0.05, 0) is 38.6 Å². The zero-order valence-corrected chi connectivity index (χ0v) is 10.7. The molecular formula is C14H21N3. The van der Waals surface area contributed by atoms with Crippen LogP contribution in [0.3, 0.4) is 0 Å². The summed E-state index contributed by atoms with van der Waals surface area (Å²) in [6, 6.07) is 8.38. The van der Waals surface area contributed by atoms with E-state index in [0.717, 1.165) is 38.0 Å². The van der Waals surface area contributed by atoms with Crippen molar-refractivity contribution in [2.24, 2.45) is 0 Å². The molecule has 0 saturated carbocycles. The summed E-state index contributed by atoms with van der Waals surface area (Å²) in [7, 11) is 0. The third-order valence-electron chi connectivity index (χ3n) is 3.05. The Hall–Kier alpha value is -1.35. The molecule has 0 amide bonds. The van der Waals surface area contributed by atoms with Gasteiger partial charge in [0.25, 0.3) is 0 Å². The molecule has 2 rings (SSSR count). The molecule has 0 radical (unpaired) electrons. The Bertz CT molecular complexity index is 473. The number of imidazole rings is 1. The van der Waals surface area contributed by atoms with Crippen molar-refractivity contribution >= 4 is 11.0 Å². The molecule has 0 saturated heterocycles. The van der Waals surface area contributed by atoms with E-state index >= 15 is 0 Å². The first-order valence-electron chi connectivity index (χ1n) is 6.51. The van der Waals surface area contributed by atoms with Crippen molar-refractivity contribution in [2.45, 2.75) is 33.2 Å². The summed E-state index contributed by atoms with van der Waals surface area (Å²) >= 11 is 0. The van der Waals surface area contributed by atoms with Crippen LogP contribution in [0.5, 0.6) is 0 Å². The van der Waals surface area contributed by atoms with Crippen molar-refractivity contribution in [3.8, 4) is 0 Å². The van der Waals surface area contributed by atoms with Gasteiger partial charge in [0.15, 0.2) is 0 Å². The van der Waals surface area contributed by atoms with Gasteiger partial charge in [-0.1, -0.05) is 19.1 Å². The summed E-state index contributed by atoms with van der Waals surface area (Å²) in [6.45, 7) is 7.44. The average Bonchev–Trinajstić information content (AvgIpc) is 2.72. The van der Waals surface area contributed by atoms with Crippen LogP contribution in [-0.4, -0.2) is 22.6 Å². The lowest BCUT2D eigenvalue weighted by Gasteiger charge is -2.06. The molecule has 0 spiro atoms. The Labute approximate surface area is 103 Å². The minimum atomic E-state index is 0.997. The van der Waals surface area contributed by atoms with Gasteiger partial charge in [0.1, 0.15) is 5.82 Å². The van der Waals surface area contributed by atoms with E-state index in [2.05, 4.69) is 48.0 Å². The first kappa shape index (κ1) is 12.1. The van der Waals surface area contributed by atoms with Crippen LogP contribution in [0.15, 0.2) is 24.3 Å². The van der Waals surface area contributed by atoms with Gasteiger partial charge in [-0.3, -0.25) is 0 Å². The number of nitrogens with zero attached hydrogens (tertiary/aromatic N) is 2. The van der Waals surface area contributed by atoms with E-state index in [1.165, 1.54) is 11.3 Å². The van der Waals surface area contributed by atoms with E-state index in [0.29, 0.717) is 0 Å². The maximum absolute atomic E-state index is 4.72. The molecule has 3 heteroatoms. The molecule has 0 aliphatic heterocycles. The second kappa shape index (κ2) is 5.82. The molecule has 1 N–H and O–H groups in total. The van der Waals surface area contributed by atoms with Gasteiger partial charge < -0.3 is 9.88 Å². The van der Waals surface area contributed by atoms with Gasteiger partial charge in [0.2, 0.25) is 0 Å². The summed E-state index contributed by atoms with van der Waals surface area (Å²) in [5, 5.41) is 3.35. The number of hydrogen-bond donors (Lipinski definition) is 1. The SMILES string of the molecule is CCNCCCc1nc2ccccc2n1CC. The normalized spacial score (nSPS) is 11.2. The van der Waals surface area contributed by atoms with Gasteiger partial charge in [0, 0.05) is 13.0 Å². The standard InChI is InChI=1S/C14H21N3/c1-3-15-11-7-10-14-16-12-8-5-6-9-13(12)17(14)4-2/h5-6,8-9,15H,3-4,7,10-11H2,1-2H3. The topological polar surface area (TPSA) is 29.9 Å². The Morgan fingerprint density at radius 3 is 2.82 bits per heavy atom. The van der Waals surface area contributed by atoms with Gasteiger partial charge >= 0.3 is 0 Å². The smallest absolute Gasteiger partial charge is 0.109 e. The summed E-state index contributed by atoms with van der Waals surface area (Å²) in [5.41, 5.74) is 2.38. The van der Waals surface area contributed by atoms with E-state index in [1.54, 1.807) is 0 Å². The highest BCUT2D eigenvalue weighted by molar-refractivity contribution is 5.75. The third-order valence-corrected chi connectivity index (χ3v) is 3.05. The van der Waals surface area contributed by atoms with E-state index in [-0.39, 0.29) is 0 Å². The van der Waals surface area contributed by atoms with Crippen LogP contribution in [0.4, 0.5) is 0 Å². The van der Waals surface area contributed by atoms with Gasteiger partial charge in [-0.15, -0.1) is 0 Å². The zero-order valence-electron chi connectivity index (χ0n) is 10.7. The Morgan fingerprint density at radius 2 is 2.06 bits per heavy atom. The molecule has 2 aromatic rings. The zero-order chi connectivity index (χ0) is 12.1. The lowest BCUT2D eigenvalue weighted by molar-refractivity contribution is 0.634. The predicted octanol–water partition coefficient (Wildman–Crippen LogP) is 2.60. The molecule has 0 aliphatic rings. The highest BCUT2D eigenvalue weighted by atomic mass is 15.1. The summed E-state index contributed by atoms with van der Waals surface area (Å²) < 4.78 is 2.32. The van der Waals surface area contributed by atoms with Crippen molar-refractivity contribution in [1.82, 2.24) is 14.9 Å². The number of para-hydroxylation sites is 2. The highest BCUT2D eigenvalue weighted by Gasteiger charge is 2.07. The fourth-order valence-corrected chi connectivity index (χ4v) is 2.22. The fraction of sp³-hybridized carbons (Fsp3) is 0.500. The minimum Gasteiger partial charge on any atom is -0.328 e. The first-order chi connectivity index (χ1) is 8.36. The molecule has 0 atom stereocenters. The van der Waals surface area contributed by atoms with Crippen LogP contribution in [0, 0.1) is 0 Å². The molecule has 92 valence electrons. The summed E-state index contributed by atoms with van der Waals surface area (Å²) in [6.07, 6.45) is 2.20. The van der Waals surface area contributed by atoms with Crippen molar-refractivity contribution in [1.29, 1.82) is 0 Å². The lowest BCUT2D eigenvalue weighted by atomic mass is 10.3. The Balaban J connectivity index is 2.15. The van der Waals surface area contributed by atoms with Crippen LogP contribution < -0.4 is 5.32 Å². The minimum absolute atomic E-state index is 0.997. The number of rotatable bonds is 6. The molecule has 0 bridgehead atoms. The molecular weight excluding hydrogens is 210 g/mol. The number of hydrogen-bond acceptors (Lipinski definition) is 2. The lowest BCUT2D eigenvalue weighted by Crippen LogP contribution is -2.15. The van der Waals surface area contributed by atoms with Crippen molar-refractivity contribution in [3.05, 3.63) is 30.1 Å². The molecule has 1 aromatic carbocycles. The van der Waals surface area contributed by atoms with Crippen LogP contribution in [0.1, 0.15) is 26.1 Å². The number of nitrogens with one attached hydrogen (secondary N) is 1. The number of aryl methyl sites for hydroxylation is 2. The van der Waals surface area contributed by atoms with Crippen LogP contribution in [0.2, 0.25) is 0 Å². The quantitative estimate of drug-likeness (QED) is 0.774. The maximum atomic E-state index is 4.72.